The van der Waals surface area contributed by atoms with Gasteiger partial charge in [0.25, 0.3) is 0 Å². The van der Waals surface area contributed by atoms with Crippen LogP contribution in [-0.4, -0.2) is 0 Å². The predicted octanol–water partition coefficient (Wildman–Crippen LogP) is 5.36. The van der Waals surface area contributed by atoms with Gasteiger partial charge in [-0.3, -0.25) is 0 Å². The zero-order valence-corrected chi connectivity index (χ0v) is 15.2. The van der Waals surface area contributed by atoms with Gasteiger partial charge in [-0.2, -0.15) is 0 Å². The van der Waals surface area contributed by atoms with Crippen molar-refractivity contribution in [2.45, 2.75) is 50.7 Å². The number of hydrogen-bond donors (Lipinski definition) is 0. The molecular weight excluding hydrogens is 304 g/mol. The van der Waals surface area contributed by atoms with E-state index in [1.165, 1.54) is 38.9 Å². The molecule has 124 valence electrons. The van der Waals surface area contributed by atoms with Crippen LogP contribution in [0.2, 0.25) is 0 Å². The molecule has 2 aliphatic heterocycles. The minimum Gasteiger partial charge on any atom is -0.356 e. The van der Waals surface area contributed by atoms with E-state index in [4.69, 9.17) is 4.74 Å². The van der Waals surface area contributed by atoms with E-state index in [-0.39, 0.29) is 17.1 Å². The second kappa shape index (κ2) is 3.99. The number of ether oxygens (including phenoxy) is 1. The van der Waals surface area contributed by atoms with Crippen molar-refractivity contribution in [3.8, 4) is 0 Å². The lowest BCUT2D eigenvalue weighted by atomic mass is 9.43. The Balaban J connectivity index is 1.78. The van der Waals surface area contributed by atoms with E-state index in [1.54, 1.807) is 5.56 Å². The van der Waals surface area contributed by atoms with Crippen LogP contribution in [0.4, 0.5) is 0 Å². The summed E-state index contributed by atoms with van der Waals surface area (Å²) in [5.74, 6) is 0.441. The van der Waals surface area contributed by atoms with E-state index in [9.17, 15) is 0 Å². The van der Waals surface area contributed by atoms with Gasteiger partial charge in [0.2, 0.25) is 0 Å². The molecule has 0 saturated carbocycles. The zero-order valence-electron chi connectivity index (χ0n) is 15.2. The van der Waals surface area contributed by atoms with Crippen molar-refractivity contribution in [2.75, 3.05) is 0 Å². The average molecular weight is 326 g/mol. The van der Waals surface area contributed by atoms with Gasteiger partial charge in [0.1, 0.15) is 5.60 Å². The fraction of sp³-hybridized carbons (Fsp3) is 0.333. The van der Waals surface area contributed by atoms with Crippen molar-refractivity contribution < 1.29 is 4.74 Å². The van der Waals surface area contributed by atoms with Crippen LogP contribution < -0.4 is 0 Å². The Hall–Kier alpha value is -2.12. The quantitative estimate of drug-likeness (QED) is 0.633. The number of aryl methyl sites for hydroxylation is 4. The van der Waals surface area contributed by atoms with Crippen LogP contribution in [0.25, 0.3) is 0 Å². The van der Waals surface area contributed by atoms with Crippen molar-refractivity contribution in [3.05, 3.63) is 93.1 Å². The average Bonchev–Trinajstić information content (AvgIpc) is 3.02. The second-order valence-electron chi connectivity index (χ2n) is 8.32. The van der Waals surface area contributed by atoms with Crippen molar-refractivity contribution in [1.82, 2.24) is 0 Å². The summed E-state index contributed by atoms with van der Waals surface area (Å²) in [6.07, 6.45) is 9.37. The first-order valence-corrected chi connectivity index (χ1v) is 9.29. The SMILES string of the molecule is Cc1ccc(C)c2c1C1OC23C=CC=C[C@]32c3c(C)ccc(C)c3[C@H]12. The molecule has 0 radical (unpaired) electrons. The molecule has 2 aliphatic carbocycles. The molecule has 4 atom stereocenters. The third-order valence-electron chi connectivity index (χ3n) is 7.25. The van der Waals surface area contributed by atoms with Gasteiger partial charge in [0, 0.05) is 5.92 Å². The zero-order chi connectivity index (χ0) is 17.1. The highest BCUT2D eigenvalue weighted by molar-refractivity contribution is 5.73. The van der Waals surface area contributed by atoms with Crippen molar-refractivity contribution >= 4 is 0 Å². The topological polar surface area (TPSA) is 9.23 Å². The largest absolute Gasteiger partial charge is 0.356 e. The summed E-state index contributed by atoms with van der Waals surface area (Å²) in [6, 6.07) is 9.10. The van der Waals surface area contributed by atoms with E-state index < -0.39 is 0 Å². The first-order valence-electron chi connectivity index (χ1n) is 9.29. The van der Waals surface area contributed by atoms with Gasteiger partial charge in [0.15, 0.2) is 0 Å². The fourth-order valence-electron chi connectivity index (χ4n) is 6.41. The van der Waals surface area contributed by atoms with E-state index in [2.05, 4.69) is 76.3 Å². The summed E-state index contributed by atoms with van der Waals surface area (Å²) in [5.41, 5.74) is 11.1. The molecule has 2 spiro atoms. The lowest BCUT2D eigenvalue weighted by Gasteiger charge is -2.57. The molecule has 0 aromatic heterocycles. The molecule has 0 amide bonds. The Labute approximate surface area is 149 Å². The van der Waals surface area contributed by atoms with E-state index in [0.29, 0.717) is 5.92 Å². The number of benzene rings is 2. The van der Waals surface area contributed by atoms with Gasteiger partial charge < -0.3 is 4.74 Å². The molecule has 2 bridgehead atoms. The number of rotatable bonds is 0. The molecule has 6 rings (SSSR count). The molecule has 2 unspecified atom stereocenters. The summed E-state index contributed by atoms with van der Waals surface area (Å²) in [6.45, 7) is 9.01. The molecule has 25 heavy (non-hydrogen) atoms. The molecule has 4 aliphatic rings. The maximum atomic E-state index is 6.93. The van der Waals surface area contributed by atoms with Gasteiger partial charge in [-0.1, -0.05) is 42.5 Å². The van der Waals surface area contributed by atoms with Gasteiger partial charge in [0.05, 0.1) is 11.5 Å². The highest BCUT2D eigenvalue weighted by Crippen LogP contribution is 2.79. The molecular formula is C24H22O. The molecule has 0 N–H and O–H groups in total. The summed E-state index contributed by atoms with van der Waals surface area (Å²) in [7, 11) is 0. The lowest BCUT2D eigenvalue weighted by molar-refractivity contribution is -0.00360. The Morgan fingerprint density at radius 1 is 0.720 bits per heavy atom. The first kappa shape index (κ1) is 14.1. The fourth-order valence-corrected chi connectivity index (χ4v) is 6.41. The van der Waals surface area contributed by atoms with Gasteiger partial charge in [-0.25, -0.2) is 0 Å². The van der Waals surface area contributed by atoms with E-state index >= 15 is 0 Å². The molecule has 1 saturated heterocycles. The van der Waals surface area contributed by atoms with Crippen LogP contribution in [-0.2, 0) is 15.8 Å². The van der Waals surface area contributed by atoms with Gasteiger partial charge in [-0.05, 0) is 78.3 Å². The summed E-state index contributed by atoms with van der Waals surface area (Å²) >= 11 is 0. The van der Waals surface area contributed by atoms with Crippen molar-refractivity contribution in [1.29, 1.82) is 0 Å². The predicted molar refractivity (Wildman–Crippen MR) is 100 cm³/mol. The highest BCUT2D eigenvalue weighted by atomic mass is 16.5. The summed E-state index contributed by atoms with van der Waals surface area (Å²) in [5, 5.41) is 0. The number of allylic oxidation sites excluding steroid dienone is 2. The Morgan fingerprint density at radius 2 is 1.32 bits per heavy atom. The monoisotopic (exact) mass is 326 g/mol. The van der Waals surface area contributed by atoms with Crippen LogP contribution in [0, 0.1) is 27.7 Å². The summed E-state index contributed by atoms with van der Waals surface area (Å²) in [4.78, 5) is 0. The first-order chi connectivity index (χ1) is 12.0. The van der Waals surface area contributed by atoms with Crippen LogP contribution in [0.5, 0.6) is 0 Å². The minimum absolute atomic E-state index is 0.0244. The normalized spacial score (nSPS) is 35.0. The van der Waals surface area contributed by atoms with Crippen molar-refractivity contribution in [2.24, 2.45) is 0 Å². The third kappa shape index (κ3) is 1.20. The standard InChI is InChI=1S/C24H22O/c1-13-7-9-15(3)19-17(13)21-22-18-14(2)8-10-16(4)20(18)24(25-22)12-6-5-11-23(19,21)24/h5-12,21-22H,1-4H3/t21-,22?,23-,24?/m1/s1. The van der Waals surface area contributed by atoms with Crippen LogP contribution in [0.15, 0.2) is 48.6 Å². The Morgan fingerprint density at radius 3 is 2.08 bits per heavy atom. The Kier molecular flexibility index (Phi) is 2.25. The molecule has 2 aromatic rings. The maximum absolute atomic E-state index is 6.93. The lowest BCUT2D eigenvalue weighted by Crippen LogP contribution is -2.56. The molecule has 1 nitrogen and oxygen atoms in total. The summed E-state index contributed by atoms with van der Waals surface area (Å²) < 4.78 is 6.93. The number of hydrogen-bond acceptors (Lipinski definition) is 1. The third-order valence-corrected chi connectivity index (χ3v) is 7.25. The highest BCUT2D eigenvalue weighted by Gasteiger charge is 2.76. The van der Waals surface area contributed by atoms with Crippen molar-refractivity contribution in [3.63, 3.8) is 0 Å². The maximum Gasteiger partial charge on any atom is 0.127 e. The molecule has 1 fully saturated rings. The number of fused-ring (bicyclic) bond motifs is 6. The van der Waals surface area contributed by atoms with Gasteiger partial charge in [-0.15, -0.1) is 0 Å². The van der Waals surface area contributed by atoms with Crippen LogP contribution in [0.1, 0.15) is 56.5 Å². The molecule has 2 aromatic carbocycles. The van der Waals surface area contributed by atoms with E-state index in [0.717, 1.165) is 0 Å². The second-order valence-corrected chi connectivity index (χ2v) is 8.32. The van der Waals surface area contributed by atoms with E-state index in [1.807, 2.05) is 0 Å². The van der Waals surface area contributed by atoms with Crippen LogP contribution >= 0.6 is 0 Å². The van der Waals surface area contributed by atoms with Gasteiger partial charge >= 0.3 is 0 Å². The van der Waals surface area contributed by atoms with Crippen LogP contribution in [0.3, 0.4) is 0 Å². The minimum atomic E-state index is -0.325. The smallest absolute Gasteiger partial charge is 0.127 e. The molecule has 1 heteroatoms. The molecule has 2 heterocycles. The Bertz CT molecular complexity index is 1030.